The van der Waals surface area contributed by atoms with Gasteiger partial charge in [0.1, 0.15) is 18.3 Å². The molecule has 4 N–H and O–H groups in total. The standard InChI is InChI=1S/C10H18O7/c1-2-3-8(14)17-7(5-12)10(16)9(15)6(13)4-11/h5-7,9-11,13,15-16H,2-4H2,1H3/t6-,7+,9-,10-/m1/s1. The van der Waals surface area contributed by atoms with Crippen molar-refractivity contribution in [2.75, 3.05) is 6.61 Å². The summed E-state index contributed by atoms with van der Waals surface area (Å²) in [5.74, 6) is -0.686. The van der Waals surface area contributed by atoms with Crippen LogP contribution in [0.25, 0.3) is 0 Å². The van der Waals surface area contributed by atoms with Crippen molar-refractivity contribution in [1.29, 1.82) is 0 Å². The number of aliphatic hydroxyl groups is 4. The summed E-state index contributed by atoms with van der Waals surface area (Å²) in [6.45, 7) is 0.949. The monoisotopic (exact) mass is 250 g/mol. The highest BCUT2D eigenvalue weighted by Crippen LogP contribution is 2.08. The average molecular weight is 250 g/mol. The van der Waals surface area contributed by atoms with Gasteiger partial charge in [-0.3, -0.25) is 9.59 Å². The molecule has 0 rings (SSSR count). The van der Waals surface area contributed by atoms with Crippen LogP contribution in [0.15, 0.2) is 0 Å². The second kappa shape index (κ2) is 8.13. The van der Waals surface area contributed by atoms with Gasteiger partial charge in [0.25, 0.3) is 0 Å². The van der Waals surface area contributed by atoms with Gasteiger partial charge in [0.15, 0.2) is 12.4 Å². The van der Waals surface area contributed by atoms with Gasteiger partial charge in [-0.25, -0.2) is 0 Å². The van der Waals surface area contributed by atoms with Crippen LogP contribution < -0.4 is 0 Å². The zero-order chi connectivity index (χ0) is 13.4. The third-order valence-corrected chi connectivity index (χ3v) is 2.12. The Morgan fingerprint density at radius 3 is 2.29 bits per heavy atom. The molecule has 0 aromatic rings. The van der Waals surface area contributed by atoms with Crippen LogP contribution in [-0.2, 0) is 14.3 Å². The summed E-state index contributed by atoms with van der Waals surface area (Å²) in [5.41, 5.74) is 0. The number of aldehydes is 1. The fourth-order valence-corrected chi connectivity index (χ4v) is 1.12. The molecule has 0 radical (unpaired) electrons. The summed E-state index contributed by atoms with van der Waals surface area (Å²) in [4.78, 5) is 21.7. The first-order chi connectivity index (χ1) is 7.97. The predicted octanol–water partition coefficient (Wildman–Crippen LogP) is -2.03. The Morgan fingerprint density at radius 2 is 1.88 bits per heavy atom. The molecule has 0 unspecified atom stereocenters. The van der Waals surface area contributed by atoms with Crippen molar-refractivity contribution in [3.63, 3.8) is 0 Å². The van der Waals surface area contributed by atoms with Crippen LogP contribution in [0.5, 0.6) is 0 Å². The van der Waals surface area contributed by atoms with Crippen molar-refractivity contribution in [3.8, 4) is 0 Å². The van der Waals surface area contributed by atoms with Crippen LogP contribution in [-0.4, -0.2) is 63.7 Å². The minimum atomic E-state index is -1.78. The van der Waals surface area contributed by atoms with Crippen molar-refractivity contribution in [1.82, 2.24) is 0 Å². The maximum Gasteiger partial charge on any atom is 0.306 e. The lowest BCUT2D eigenvalue weighted by Crippen LogP contribution is -2.48. The Morgan fingerprint density at radius 1 is 1.29 bits per heavy atom. The average Bonchev–Trinajstić information content (AvgIpc) is 2.33. The maximum atomic E-state index is 11.1. The third-order valence-electron chi connectivity index (χ3n) is 2.12. The van der Waals surface area contributed by atoms with Gasteiger partial charge in [-0.15, -0.1) is 0 Å². The molecule has 0 spiro atoms. The normalized spacial score (nSPS) is 17.9. The Bertz CT molecular complexity index is 243. The number of ether oxygens (including phenoxy) is 1. The number of esters is 1. The van der Waals surface area contributed by atoms with Gasteiger partial charge in [-0.05, 0) is 6.42 Å². The molecule has 0 heterocycles. The van der Waals surface area contributed by atoms with E-state index < -0.39 is 37.0 Å². The minimum Gasteiger partial charge on any atom is -0.452 e. The largest absolute Gasteiger partial charge is 0.452 e. The number of rotatable bonds is 8. The molecule has 0 fully saturated rings. The second-order valence-corrected chi connectivity index (χ2v) is 3.57. The molecule has 0 aromatic carbocycles. The number of aliphatic hydroxyl groups excluding tert-OH is 4. The Kier molecular flexibility index (Phi) is 7.64. The molecule has 7 nitrogen and oxygen atoms in total. The van der Waals surface area contributed by atoms with Crippen LogP contribution in [0, 0.1) is 0 Å². The maximum absolute atomic E-state index is 11.1. The van der Waals surface area contributed by atoms with Gasteiger partial charge in [0, 0.05) is 6.42 Å². The van der Waals surface area contributed by atoms with Crippen LogP contribution in [0.2, 0.25) is 0 Å². The van der Waals surface area contributed by atoms with E-state index in [2.05, 4.69) is 4.74 Å². The van der Waals surface area contributed by atoms with E-state index >= 15 is 0 Å². The van der Waals surface area contributed by atoms with Crippen molar-refractivity contribution < 1.29 is 34.8 Å². The van der Waals surface area contributed by atoms with Gasteiger partial charge in [-0.1, -0.05) is 6.92 Å². The predicted molar refractivity (Wildman–Crippen MR) is 56.0 cm³/mol. The molecule has 0 saturated carbocycles. The highest BCUT2D eigenvalue weighted by atomic mass is 16.6. The first-order valence-corrected chi connectivity index (χ1v) is 5.27. The summed E-state index contributed by atoms with van der Waals surface area (Å²) < 4.78 is 4.61. The quantitative estimate of drug-likeness (QED) is 0.289. The van der Waals surface area contributed by atoms with Gasteiger partial charge < -0.3 is 25.2 Å². The zero-order valence-corrected chi connectivity index (χ0v) is 9.52. The SMILES string of the molecule is CCCC(=O)O[C@@H](C=O)[C@@H](O)[C@H](O)[C@H](O)CO. The molecule has 17 heavy (non-hydrogen) atoms. The molecule has 4 atom stereocenters. The van der Waals surface area contributed by atoms with Crippen LogP contribution in [0.1, 0.15) is 19.8 Å². The molecular formula is C10H18O7. The second-order valence-electron chi connectivity index (χ2n) is 3.57. The van der Waals surface area contributed by atoms with Gasteiger partial charge >= 0.3 is 5.97 Å². The van der Waals surface area contributed by atoms with Crippen LogP contribution in [0.3, 0.4) is 0 Å². The smallest absolute Gasteiger partial charge is 0.306 e. The van der Waals surface area contributed by atoms with E-state index in [0.29, 0.717) is 6.42 Å². The van der Waals surface area contributed by atoms with E-state index in [9.17, 15) is 19.8 Å². The highest BCUT2D eigenvalue weighted by molar-refractivity contribution is 5.72. The Balaban J connectivity index is 4.43. The lowest BCUT2D eigenvalue weighted by molar-refractivity contribution is -0.168. The molecule has 0 saturated heterocycles. The molecule has 0 aliphatic rings. The molecular weight excluding hydrogens is 232 g/mol. The zero-order valence-electron chi connectivity index (χ0n) is 9.52. The number of carbonyl (C=O) groups excluding carboxylic acids is 2. The molecule has 0 aliphatic heterocycles. The molecule has 0 aliphatic carbocycles. The van der Waals surface area contributed by atoms with E-state index in [-0.39, 0.29) is 12.7 Å². The topological polar surface area (TPSA) is 124 Å². The van der Waals surface area contributed by atoms with Gasteiger partial charge in [0.05, 0.1) is 6.61 Å². The summed E-state index contributed by atoms with van der Waals surface area (Å²) in [7, 11) is 0. The van der Waals surface area contributed by atoms with Crippen molar-refractivity contribution in [2.24, 2.45) is 0 Å². The van der Waals surface area contributed by atoms with Crippen molar-refractivity contribution in [3.05, 3.63) is 0 Å². The van der Waals surface area contributed by atoms with Crippen molar-refractivity contribution >= 4 is 12.3 Å². The molecule has 0 amide bonds. The van der Waals surface area contributed by atoms with E-state index in [1.165, 1.54) is 0 Å². The molecule has 7 heteroatoms. The van der Waals surface area contributed by atoms with E-state index in [0.717, 1.165) is 0 Å². The molecule has 0 bridgehead atoms. The Labute approximate surface area is 98.6 Å². The number of carbonyl (C=O) groups is 2. The summed E-state index contributed by atoms with van der Waals surface area (Å²) in [6, 6.07) is 0. The first kappa shape index (κ1) is 16.0. The number of hydrogen-bond donors (Lipinski definition) is 4. The van der Waals surface area contributed by atoms with Gasteiger partial charge in [-0.2, -0.15) is 0 Å². The summed E-state index contributed by atoms with van der Waals surface area (Å²) >= 11 is 0. The summed E-state index contributed by atoms with van der Waals surface area (Å²) in [5, 5.41) is 36.4. The minimum absolute atomic E-state index is 0.0791. The van der Waals surface area contributed by atoms with Crippen LogP contribution >= 0.6 is 0 Å². The molecule has 0 aromatic heterocycles. The summed E-state index contributed by atoms with van der Waals surface area (Å²) in [6.07, 6.45) is -5.98. The lowest BCUT2D eigenvalue weighted by atomic mass is 10.0. The fraction of sp³-hybridized carbons (Fsp3) is 0.800. The number of hydrogen-bond acceptors (Lipinski definition) is 7. The van der Waals surface area contributed by atoms with E-state index in [1.54, 1.807) is 6.92 Å². The van der Waals surface area contributed by atoms with Crippen molar-refractivity contribution in [2.45, 2.75) is 44.2 Å². The van der Waals surface area contributed by atoms with Crippen LogP contribution in [0.4, 0.5) is 0 Å². The molecule has 100 valence electrons. The highest BCUT2D eigenvalue weighted by Gasteiger charge is 2.33. The first-order valence-electron chi connectivity index (χ1n) is 5.27. The fourth-order valence-electron chi connectivity index (χ4n) is 1.12. The van der Waals surface area contributed by atoms with E-state index in [4.69, 9.17) is 10.2 Å². The Hall–Kier alpha value is -1.02. The lowest BCUT2D eigenvalue weighted by Gasteiger charge is -2.25. The third kappa shape index (κ3) is 5.22. The van der Waals surface area contributed by atoms with Gasteiger partial charge in [0.2, 0.25) is 0 Å². The van der Waals surface area contributed by atoms with E-state index in [1.807, 2.05) is 0 Å².